The number of amides is 1. The second-order valence-corrected chi connectivity index (χ2v) is 9.44. The molecule has 2 aromatic rings. The third-order valence-electron chi connectivity index (χ3n) is 5.42. The average Bonchev–Trinajstić information content (AvgIpc) is 3.07. The van der Waals surface area contributed by atoms with Crippen molar-refractivity contribution in [3.05, 3.63) is 57.5 Å². The molecule has 0 radical (unpaired) electrons. The molecule has 5 heteroatoms. The molecule has 0 bridgehead atoms. The van der Waals surface area contributed by atoms with Crippen molar-refractivity contribution in [3.63, 3.8) is 0 Å². The molecule has 1 aliphatic rings. The molecule has 3 rings (SSSR count). The number of fused-ring (bicyclic) bond motifs is 1. The topological polar surface area (TPSA) is 55.4 Å². The minimum Gasteiger partial charge on any atom is -0.462 e. The first-order chi connectivity index (χ1) is 14.4. The summed E-state index contributed by atoms with van der Waals surface area (Å²) in [5.41, 5.74) is 3.85. The van der Waals surface area contributed by atoms with Crippen molar-refractivity contribution in [3.8, 4) is 0 Å². The predicted octanol–water partition coefficient (Wildman–Crippen LogP) is 6.22. The van der Waals surface area contributed by atoms with Gasteiger partial charge in [-0.3, -0.25) is 4.79 Å². The second kappa shape index (κ2) is 10.1. The van der Waals surface area contributed by atoms with Crippen LogP contribution in [0.1, 0.15) is 78.4 Å². The lowest BCUT2D eigenvalue weighted by Gasteiger charge is -2.18. The Morgan fingerprint density at radius 1 is 1.27 bits per heavy atom. The molecular formula is C25H31NO3S. The molecule has 1 amide bonds. The molecule has 0 aliphatic heterocycles. The van der Waals surface area contributed by atoms with Crippen LogP contribution in [0.25, 0.3) is 6.08 Å². The fraction of sp³-hybridized carbons (Fsp3) is 0.440. The molecule has 4 nitrogen and oxygen atoms in total. The Morgan fingerprint density at radius 3 is 2.67 bits per heavy atom. The van der Waals surface area contributed by atoms with Gasteiger partial charge in [-0.15, -0.1) is 11.3 Å². The molecule has 1 heterocycles. The molecule has 1 atom stereocenters. The second-order valence-electron chi connectivity index (χ2n) is 8.34. The largest absolute Gasteiger partial charge is 0.462 e. The first kappa shape index (κ1) is 22.3. The van der Waals surface area contributed by atoms with Crippen molar-refractivity contribution >= 4 is 34.3 Å². The molecule has 30 heavy (non-hydrogen) atoms. The van der Waals surface area contributed by atoms with E-state index in [1.165, 1.54) is 27.9 Å². The molecule has 0 spiro atoms. The molecule has 0 saturated carbocycles. The highest BCUT2D eigenvalue weighted by Crippen LogP contribution is 2.40. The minimum atomic E-state index is -0.326. The molecular weight excluding hydrogens is 394 g/mol. The van der Waals surface area contributed by atoms with Crippen LogP contribution in [0.3, 0.4) is 0 Å². The fourth-order valence-corrected chi connectivity index (χ4v) is 5.04. The van der Waals surface area contributed by atoms with Crippen molar-refractivity contribution < 1.29 is 14.3 Å². The number of esters is 1. The van der Waals surface area contributed by atoms with Crippen molar-refractivity contribution in [2.24, 2.45) is 5.92 Å². The average molecular weight is 426 g/mol. The first-order valence-corrected chi connectivity index (χ1v) is 11.6. The lowest BCUT2D eigenvalue weighted by molar-refractivity contribution is -0.111. The molecule has 1 N–H and O–H groups in total. The van der Waals surface area contributed by atoms with Crippen LogP contribution in [0.15, 0.2) is 30.3 Å². The molecule has 160 valence electrons. The van der Waals surface area contributed by atoms with Crippen LogP contribution in [-0.4, -0.2) is 18.5 Å². The summed E-state index contributed by atoms with van der Waals surface area (Å²) < 4.78 is 5.41. The van der Waals surface area contributed by atoms with Gasteiger partial charge in [0.05, 0.1) is 12.2 Å². The summed E-state index contributed by atoms with van der Waals surface area (Å²) in [5, 5.41) is 3.54. The van der Waals surface area contributed by atoms with Crippen LogP contribution >= 0.6 is 11.3 Å². The lowest BCUT2D eigenvalue weighted by Crippen LogP contribution is -2.16. The predicted molar refractivity (Wildman–Crippen MR) is 124 cm³/mol. The van der Waals surface area contributed by atoms with Crippen LogP contribution in [0.5, 0.6) is 0 Å². The van der Waals surface area contributed by atoms with Gasteiger partial charge in [0.2, 0.25) is 5.91 Å². The van der Waals surface area contributed by atoms with Gasteiger partial charge in [-0.05, 0) is 60.3 Å². The number of rotatable bonds is 7. The Hall–Kier alpha value is -2.40. The monoisotopic (exact) mass is 425 g/mol. The summed E-state index contributed by atoms with van der Waals surface area (Å²) in [4.78, 5) is 26.5. The number of ether oxygens (including phenoxy) is 1. The summed E-state index contributed by atoms with van der Waals surface area (Å²) in [5.74, 6) is 0.504. The number of nitrogens with one attached hydrogen (secondary N) is 1. The summed E-state index contributed by atoms with van der Waals surface area (Å²) in [6.45, 7) is 8.90. The fourth-order valence-electron chi connectivity index (χ4n) is 3.64. The van der Waals surface area contributed by atoms with E-state index in [9.17, 15) is 9.59 Å². The highest BCUT2D eigenvalue weighted by molar-refractivity contribution is 7.17. The van der Waals surface area contributed by atoms with Gasteiger partial charge in [0.1, 0.15) is 5.00 Å². The van der Waals surface area contributed by atoms with E-state index in [2.05, 4.69) is 38.2 Å². The van der Waals surface area contributed by atoms with Gasteiger partial charge < -0.3 is 10.1 Å². The summed E-state index contributed by atoms with van der Waals surface area (Å²) in [6.07, 6.45) is 6.95. The number of hydrogen-bond donors (Lipinski definition) is 1. The Morgan fingerprint density at radius 2 is 2.00 bits per heavy atom. The van der Waals surface area contributed by atoms with Crippen molar-refractivity contribution in [1.29, 1.82) is 0 Å². The van der Waals surface area contributed by atoms with E-state index in [1.807, 2.05) is 19.1 Å². The molecule has 0 saturated heterocycles. The van der Waals surface area contributed by atoms with Gasteiger partial charge in [0.15, 0.2) is 0 Å². The van der Waals surface area contributed by atoms with Gasteiger partial charge in [0.25, 0.3) is 0 Å². The van der Waals surface area contributed by atoms with Crippen LogP contribution in [0.2, 0.25) is 0 Å². The van der Waals surface area contributed by atoms with Gasteiger partial charge in [-0.1, -0.05) is 52.0 Å². The lowest BCUT2D eigenvalue weighted by atomic mass is 9.88. The zero-order chi connectivity index (χ0) is 21.7. The van der Waals surface area contributed by atoms with Gasteiger partial charge in [-0.2, -0.15) is 0 Å². The summed E-state index contributed by atoms with van der Waals surface area (Å²) in [6, 6.07) is 8.19. The van der Waals surface area contributed by atoms with Crippen molar-refractivity contribution in [2.45, 2.75) is 59.3 Å². The van der Waals surface area contributed by atoms with Crippen LogP contribution in [0, 0.1) is 5.92 Å². The Labute approximate surface area is 183 Å². The number of hydrogen-bond acceptors (Lipinski definition) is 4. The SMILES string of the molecule is CCCOC(=O)c1c(NC(=O)/C=C/c2ccc(C(C)C)cc2)sc2c1CCC(C)C2. The third kappa shape index (κ3) is 5.39. The summed E-state index contributed by atoms with van der Waals surface area (Å²) >= 11 is 1.52. The van der Waals surface area contributed by atoms with E-state index in [4.69, 9.17) is 4.74 Å². The minimum absolute atomic E-state index is 0.237. The Bertz CT molecular complexity index is 925. The first-order valence-electron chi connectivity index (χ1n) is 10.8. The Kier molecular flexibility index (Phi) is 7.48. The van der Waals surface area contributed by atoms with E-state index >= 15 is 0 Å². The maximum atomic E-state index is 12.7. The summed E-state index contributed by atoms with van der Waals surface area (Å²) in [7, 11) is 0. The maximum absolute atomic E-state index is 12.7. The number of carbonyl (C=O) groups excluding carboxylic acids is 2. The number of thiophene rings is 1. The zero-order valence-electron chi connectivity index (χ0n) is 18.3. The van der Waals surface area contributed by atoms with Gasteiger partial charge >= 0.3 is 5.97 Å². The van der Waals surface area contributed by atoms with E-state index in [0.717, 1.165) is 36.8 Å². The maximum Gasteiger partial charge on any atom is 0.341 e. The normalized spacial score (nSPS) is 16.0. The third-order valence-corrected chi connectivity index (χ3v) is 6.59. The molecule has 0 fully saturated rings. The van der Waals surface area contributed by atoms with Crippen LogP contribution in [0.4, 0.5) is 5.00 Å². The van der Waals surface area contributed by atoms with Crippen molar-refractivity contribution in [1.82, 2.24) is 0 Å². The van der Waals surface area contributed by atoms with E-state index in [0.29, 0.717) is 29.0 Å². The zero-order valence-corrected chi connectivity index (χ0v) is 19.1. The highest BCUT2D eigenvalue weighted by atomic mass is 32.1. The molecule has 1 unspecified atom stereocenters. The van der Waals surface area contributed by atoms with Crippen LogP contribution in [-0.2, 0) is 22.4 Å². The van der Waals surface area contributed by atoms with E-state index in [1.54, 1.807) is 6.08 Å². The van der Waals surface area contributed by atoms with Gasteiger partial charge in [0, 0.05) is 11.0 Å². The molecule has 1 aliphatic carbocycles. The van der Waals surface area contributed by atoms with Gasteiger partial charge in [-0.25, -0.2) is 4.79 Å². The van der Waals surface area contributed by atoms with Crippen LogP contribution < -0.4 is 5.32 Å². The van der Waals surface area contributed by atoms with E-state index in [-0.39, 0.29) is 11.9 Å². The van der Waals surface area contributed by atoms with Crippen molar-refractivity contribution in [2.75, 3.05) is 11.9 Å². The Balaban J connectivity index is 1.77. The quantitative estimate of drug-likeness (QED) is 0.423. The number of benzene rings is 1. The standard InChI is InChI=1S/C25H31NO3S/c1-5-14-29-25(28)23-20-12-6-17(4)15-21(20)30-24(23)26-22(27)13-9-18-7-10-19(11-8-18)16(2)3/h7-11,13,16-17H,5-6,12,14-15H2,1-4H3,(H,26,27)/b13-9+. The molecule has 1 aromatic carbocycles. The molecule has 1 aromatic heterocycles. The number of carbonyl (C=O) groups is 2. The van der Waals surface area contributed by atoms with E-state index < -0.39 is 0 Å². The highest BCUT2D eigenvalue weighted by Gasteiger charge is 2.29. The number of anilines is 1. The smallest absolute Gasteiger partial charge is 0.341 e.